The fraction of sp³-hybridized carbons (Fsp3) is 0.562. The fourth-order valence-electron chi connectivity index (χ4n) is 2.95. The molecule has 8 nitrogen and oxygen atoms in total. The Kier molecular flexibility index (Phi) is 5.64. The third-order valence-electron chi connectivity index (χ3n) is 4.69. The molecule has 26 heavy (non-hydrogen) atoms. The highest BCUT2D eigenvalue weighted by Gasteiger charge is 2.31. The summed E-state index contributed by atoms with van der Waals surface area (Å²) in [6, 6.07) is 7.50. The fourth-order valence-corrected chi connectivity index (χ4v) is 5.70. The maximum atomic E-state index is 12.8. The second kappa shape index (κ2) is 7.62. The van der Waals surface area contributed by atoms with E-state index in [0.29, 0.717) is 32.6 Å². The number of nitrogens with one attached hydrogen (secondary N) is 2. The monoisotopic (exact) mass is 399 g/mol. The number of nitrogens with zero attached hydrogens (tertiary/aromatic N) is 2. The summed E-state index contributed by atoms with van der Waals surface area (Å²) in [6.45, 7) is 2.85. The molecule has 2 fully saturated rings. The minimum Gasteiger partial charge on any atom is -0.332 e. The molecule has 2 aliphatic rings. The second-order valence-corrected chi connectivity index (χ2v) is 10.3. The van der Waals surface area contributed by atoms with Crippen LogP contribution in [0, 0.1) is 11.3 Å². The number of rotatable bonds is 7. The predicted molar refractivity (Wildman–Crippen MR) is 94.3 cm³/mol. The van der Waals surface area contributed by atoms with Gasteiger partial charge < -0.3 is 4.90 Å². The van der Waals surface area contributed by atoms with Crippen LogP contribution in [-0.2, 0) is 20.0 Å². The van der Waals surface area contributed by atoms with E-state index in [1.54, 1.807) is 0 Å². The Morgan fingerprint density at radius 2 is 1.65 bits per heavy atom. The Bertz CT molecular complexity index is 879. The van der Waals surface area contributed by atoms with Crippen LogP contribution in [0.2, 0.25) is 0 Å². The largest absolute Gasteiger partial charge is 0.332 e. The van der Waals surface area contributed by atoms with Crippen molar-refractivity contribution in [2.24, 2.45) is 0 Å². The first-order valence-electron chi connectivity index (χ1n) is 8.66. The molecule has 1 aromatic rings. The molecule has 0 unspecified atom stereocenters. The van der Waals surface area contributed by atoms with Gasteiger partial charge in [0.25, 0.3) is 0 Å². The highest BCUT2D eigenvalue weighted by atomic mass is 32.2. The quantitative estimate of drug-likeness (QED) is 0.606. The highest BCUT2D eigenvalue weighted by Crippen LogP contribution is 2.23. The van der Waals surface area contributed by atoms with Crippen molar-refractivity contribution in [1.29, 1.82) is 5.26 Å². The zero-order valence-electron chi connectivity index (χ0n) is 14.4. The molecule has 1 saturated heterocycles. The Balaban J connectivity index is 1.67. The van der Waals surface area contributed by atoms with Gasteiger partial charge in [-0.25, -0.2) is 21.6 Å². The third kappa shape index (κ3) is 4.42. The van der Waals surface area contributed by atoms with Crippen LogP contribution in [0.25, 0.3) is 0 Å². The van der Waals surface area contributed by atoms with Crippen molar-refractivity contribution in [3.05, 3.63) is 24.3 Å². The van der Waals surface area contributed by atoms with Gasteiger partial charge in [-0.3, -0.25) is 0 Å². The zero-order valence-corrected chi connectivity index (χ0v) is 16.0. The molecule has 1 aromatic carbocycles. The molecule has 1 aliphatic heterocycles. The van der Waals surface area contributed by atoms with E-state index >= 15 is 0 Å². The molecule has 0 radical (unpaired) electrons. The Morgan fingerprint density at radius 3 is 2.19 bits per heavy atom. The van der Waals surface area contributed by atoms with Gasteiger partial charge in [-0.1, -0.05) is 0 Å². The number of benzene rings is 1. The summed E-state index contributed by atoms with van der Waals surface area (Å²) >= 11 is 0. The van der Waals surface area contributed by atoms with Crippen LogP contribution in [-0.4, -0.2) is 59.9 Å². The van der Waals surface area contributed by atoms with E-state index < -0.39 is 20.0 Å². The summed E-state index contributed by atoms with van der Waals surface area (Å²) in [4.78, 5) is 1.41. The second-order valence-electron chi connectivity index (χ2n) is 6.68. The van der Waals surface area contributed by atoms with Crippen LogP contribution < -0.4 is 9.62 Å². The van der Waals surface area contributed by atoms with E-state index in [1.807, 2.05) is 0 Å². The van der Waals surface area contributed by atoms with E-state index in [0.717, 1.165) is 19.4 Å². The molecule has 0 atom stereocenters. The molecule has 1 heterocycles. The average Bonchev–Trinajstić information content (AvgIpc) is 3.43. The maximum absolute atomic E-state index is 12.8. The van der Waals surface area contributed by atoms with Crippen LogP contribution in [0.5, 0.6) is 0 Å². The first kappa shape index (κ1) is 19.3. The Morgan fingerprint density at radius 1 is 1.08 bits per heavy atom. The predicted octanol–water partition coefficient (Wildman–Crippen LogP) is -1.07. The number of hydrogen-bond donors (Lipinski definition) is 2. The van der Waals surface area contributed by atoms with Crippen LogP contribution in [0.4, 0.5) is 0 Å². The van der Waals surface area contributed by atoms with Crippen LogP contribution in [0.15, 0.2) is 34.1 Å². The zero-order chi connectivity index (χ0) is 18.8. The van der Waals surface area contributed by atoms with E-state index in [1.165, 1.54) is 33.5 Å². The molecular weight excluding hydrogens is 376 g/mol. The summed E-state index contributed by atoms with van der Waals surface area (Å²) in [5, 5.41) is 8.64. The van der Waals surface area contributed by atoms with Gasteiger partial charge in [0.05, 0.1) is 55.0 Å². The van der Waals surface area contributed by atoms with Gasteiger partial charge in [0.1, 0.15) is 0 Å². The highest BCUT2D eigenvalue weighted by molar-refractivity contribution is 7.89. The lowest BCUT2D eigenvalue weighted by Gasteiger charge is -2.31. The molecule has 142 valence electrons. The molecule has 10 heteroatoms. The van der Waals surface area contributed by atoms with Crippen molar-refractivity contribution in [1.82, 2.24) is 9.03 Å². The van der Waals surface area contributed by atoms with Gasteiger partial charge in [0.15, 0.2) is 0 Å². The van der Waals surface area contributed by atoms with E-state index in [2.05, 4.69) is 10.8 Å². The number of hydrogen-bond acceptors (Lipinski definition) is 5. The van der Waals surface area contributed by atoms with Gasteiger partial charge in [0.2, 0.25) is 20.0 Å². The van der Waals surface area contributed by atoms with Crippen LogP contribution in [0.3, 0.4) is 0 Å². The molecule has 2 N–H and O–H groups in total. The lowest BCUT2D eigenvalue weighted by atomic mass is 10.3. The van der Waals surface area contributed by atoms with E-state index in [4.69, 9.17) is 5.26 Å². The molecule has 3 rings (SSSR count). The molecule has 0 amide bonds. The van der Waals surface area contributed by atoms with Gasteiger partial charge in [-0.2, -0.15) is 9.57 Å². The standard InChI is InChI=1S/C16H22N4O4S2/c17-8-1-9-19-10-12-20(13-11-19)26(23,24)16-6-4-15(5-7-16)25(21,22)18-14-2-3-14/h4-7,14,18H,1-3,9-13H2/p+1. The molecule has 1 saturated carbocycles. The smallest absolute Gasteiger partial charge is 0.243 e. The van der Waals surface area contributed by atoms with Crippen molar-refractivity contribution in [3.8, 4) is 6.07 Å². The topological polar surface area (TPSA) is 112 Å². The van der Waals surface area contributed by atoms with Gasteiger partial charge in [0, 0.05) is 6.04 Å². The van der Waals surface area contributed by atoms with E-state index in [-0.39, 0.29) is 15.8 Å². The number of nitriles is 1. The third-order valence-corrected chi connectivity index (χ3v) is 8.14. The van der Waals surface area contributed by atoms with Crippen molar-refractivity contribution in [3.63, 3.8) is 0 Å². The van der Waals surface area contributed by atoms with Crippen molar-refractivity contribution >= 4 is 20.0 Å². The van der Waals surface area contributed by atoms with Crippen molar-refractivity contribution in [2.75, 3.05) is 32.7 Å². The van der Waals surface area contributed by atoms with Gasteiger partial charge in [-0.15, -0.1) is 0 Å². The number of sulfonamides is 2. The Labute approximate surface area is 154 Å². The number of quaternary nitrogens is 1. The van der Waals surface area contributed by atoms with Gasteiger partial charge >= 0.3 is 0 Å². The summed E-state index contributed by atoms with van der Waals surface area (Å²) < 4.78 is 53.9. The lowest BCUT2D eigenvalue weighted by Crippen LogP contribution is -3.14. The first-order chi connectivity index (χ1) is 12.3. The summed E-state index contributed by atoms with van der Waals surface area (Å²) in [5.41, 5.74) is 0. The van der Waals surface area contributed by atoms with Crippen LogP contribution >= 0.6 is 0 Å². The molecule has 1 aliphatic carbocycles. The normalized spacial score (nSPS) is 20.0. The Hall–Kier alpha value is -1.51. The maximum Gasteiger partial charge on any atom is 0.243 e. The minimum absolute atomic E-state index is 0.00300. The number of piperazine rings is 1. The van der Waals surface area contributed by atoms with Crippen molar-refractivity contribution < 1.29 is 21.7 Å². The van der Waals surface area contributed by atoms with Gasteiger partial charge in [-0.05, 0) is 37.1 Å². The molecule has 0 bridgehead atoms. The molecule has 0 aromatic heterocycles. The molecular formula is C16H23N4O4S2+. The van der Waals surface area contributed by atoms with Crippen LogP contribution in [0.1, 0.15) is 19.3 Å². The molecule has 0 spiro atoms. The summed E-state index contributed by atoms with van der Waals surface area (Å²) in [6.07, 6.45) is 2.15. The minimum atomic E-state index is -3.64. The first-order valence-corrected chi connectivity index (χ1v) is 11.6. The summed E-state index contributed by atoms with van der Waals surface area (Å²) in [5.74, 6) is 0. The summed E-state index contributed by atoms with van der Waals surface area (Å²) in [7, 11) is -7.23. The van der Waals surface area contributed by atoms with E-state index in [9.17, 15) is 16.8 Å². The SMILES string of the molecule is N#CCC[NH+]1CCN(S(=O)(=O)c2ccc(S(=O)(=O)NC3CC3)cc2)CC1. The average molecular weight is 400 g/mol. The lowest BCUT2D eigenvalue weighted by molar-refractivity contribution is -0.903. The van der Waals surface area contributed by atoms with Crippen molar-refractivity contribution in [2.45, 2.75) is 35.1 Å².